The number of aliphatic hydroxyl groups is 1. The first kappa shape index (κ1) is 12.1. The fourth-order valence-corrected chi connectivity index (χ4v) is 3.25. The zero-order valence-corrected chi connectivity index (χ0v) is 10.6. The fourth-order valence-electron chi connectivity index (χ4n) is 2.58. The molecule has 1 atom stereocenters. The van der Waals surface area contributed by atoms with Crippen LogP contribution in [0.1, 0.15) is 49.8 Å². The maximum absolute atomic E-state index is 9.93. The molecule has 3 heteroatoms. The summed E-state index contributed by atoms with van der Waals surface area (Å²) in [5, 5.41) is 9.93. The first-order chi connectivity index (χ1) is 7.84. The quantitative estimate of drug-likeness (QED) is 0.854. The van der Waals surface area contributed by atoms with E-state index in [-0.39, 0.29) is 6.10 Å². The molecule has 1 aromatic rings. The van der Waals surface area contributed by atoms with Gasteiger partial charge >= 0.3 is 0 Å². The van der Waals surface area contributed by atoms with E-state index in [9.17, 15) is 5.11 Å². The minimum Gasteiger partial charge on any atom is -0.393 e. The van der Waals surface area contributed by atoms with Crippen molar-refractivity contribution in [1.29, 1.82) is 0 Å². The predicted octanol–water partition coefficient (Wildman–Crippen LogP) is 3.41. The third-order valence-corrected chi connectivity index (χ3v) is 4.36. The first-order valence-electron chi connectivity index (χ1n) is 6.40. The number of aromatic nitrogens is 1. The molecule has 0 bridgehead atoms. The van der Waals surface area contributed by atoms with Crippen molar-refractivity contribution in [2.75, 3.05) is 0 Å². The Morgan fingerprint density at radius 2 is 2.19 bits per heavy atom. The van der Waals surface area contributed by atoms with E-state index < -0.39 is 0 Å². The summed E-state index contributed by atoms with van der Waals surface area (Å²) in [6.45, 7) is 0. The molecule has 0 radical (unpaired) electrons. The lowest BCUT2D eigenvalue weighted by Crippen LogP contribution is -2.14. The lowest BCUT2D eigenvalue weighted by molar-refractivity contribution is 0.150. The van der Waals surface area contributed by atoms with Crippen molar-refractivity contribution in [3.63, 3.8) is 0 Å². The summed E-state index contributed by atoms with van der Waals surface area (Å²) in [7, 11) is 0. The van der Waals surface area contributed by atoms with Gasteiger partial charge in [0.1, 0.15) is 0 Å². The number of aliphatic hydroxyl groups excluding tert-OH is 1. The van der Waals surface area contributed by atoms with Crippen molar-refractivity contribution in [3.8, 4) is 0 Å². The zero-order chi connectivity index (χ0) is 11.2. The Balaban J connectivity index is 1.65. The highest BCUT2D eigenvalue weighted by molar-refractivity contribution is 7.09. The monoisotopic (exact) mass is 239 g/mol. The molecule has 0 amide bonds. The molecular formula is C13H21NOS. The topological polar surface area (TPSA) is 33.1 Å². The largest absolute Gasteiger partial charge is 0.393 e. The Hall–Kier alpha value is -0.410. The van der Waals surface area contributed by atoms with Crippen LogP contribution >= 0.6 is 11.3 Å². The van der Waals surface area contributed by atoms with E-state index in [0.29, 0.717) is 0 Å². The third-order valence-electron chi connectivity index (χ3n) is 3.55. The summed E-state index contributed by atoms with van der Waals surface area (Å²) < 4.78 is 0. The van der Waals surface area contributed by atoms with E-state index in [1.807, 2.05) is 11.7 Å². The van der Waals surface area contributed by atoms with E-state index in [2.05, 4.69) is 4.98 Å². The molecule has 0 aliphatic heterocycles. The van der Waals surface area contributed by atoms with Crippen LogP contribution in [0.25, 0.3) is 0 Å². The molecule has 0 spiro atoms. The van der Waals surface area contributed by atoms with Crippen molar-refractivity contribution in [2.45, 2.75) is 57.5 Å². The summed E-state index contributed by atoms with van der Waals surface area (Å²) in [4.78, 5) is 5.24. The van der Waals surface area contributed by atoms with Gasteiger partial charge in [-0.3, -0.25) is 4.98 Å². The second-order valence-corrected chi connectivity index (χ2v) is 5.88. The Morgan fingerprint density at radius 3 is 2.88 bits per heavy atom. The highest BCUT2D eigenvalue weighted by Gasteiger charge is 2.15. The molecule has 16 heavy (non-hydrogen) atoms. The van der Waals surface area contributed by atoms with E-state index in [0.717, 1.165) is 18.8 Å². The van der Waals surface area contributed by atoms with Gasteiger partial charge in [0.2, 0.25) is 0 Å². The average molecular weight is 239 g/mol. The van der Waals surface area contributed by atoms with Crippen LogP contribution in [0.4, 0.5) is 0 Å². The van der Waals surface area contributed by atoms with Crippen LogP contribution < -0.4 is 0 Å². The number of nitrogens with zero attached hydrogens (tertiary/aromatic N) is 1. The molecular weight excluding hydrogens is 218 g/mol. The number of thiazole rings is 1. The molecule has 2 nitrogen and oxygen atoms in total. The van der Waals surface area contributed by atoms with Gasteiger partial charge in [-0.05, 0) is 18.8 Å². The molecule has 0 saturated heterocycles. The molecule has 1 aliphatic rings. The van der Waals surface area contributed by atoms with Crippen molar-refractivity contribution < 1.29 is 5.11 Å². The minimum atomic E-state index is -0.164. The van der Waals surface area contributed by atoms with E-state index in [1.54, 1.807) is 11.3 Å². The first-order valence-corrected chi connectivity index (χ1v) is 7.28. The lowest BCUT2D eigenvalue weighted by Gasteiger charge is -2.22. The molecule has 90 valence electrons. The van der Waals surface area contributed by atoms with Gasteiger partial charge in [-0.15, -0.1) is 11.3 Å². The molecule has 1 fully saturated rings. The normalized spacial score (nSPS) is 19.8. The molecule has 1 aliphatic carbocycles. The van der Waals surface area contributed by atoms with Gasteiger partial charge in [0.15, 0.2) is 0 Å². The van der Waals surface area contributed by atoms with Crippen molar-refractivity contribution >= 4 is 11.3 Å². The smallest absolute Gasteiger partial charge is 0.0794 e. The number of hydrogen-bond acceptors (Lipinski definition) is 3. The van der Waals surface area contributed by atoms with Crippen LogP contribution in [0, 0.1) is 5.92 Å². The van der Waals surface area contributed by atoms with E-state index in [1.165, 1.54) is 43.4 Å². The van der Waals surface area contributed by atoms with Gasteiger partial charge in [0, 0.05) is 17.5 Å². The van der Waals surface area contributed by atoms with E-state index >= 15 is 0 Å². The van der Waals surface area contributed by atoms with Crippen LogP contribution in [0.5, 0.6) is 0 Å². The Bertz CT molecular complexity index is 280. The van der Waals surface area contributed by atoms with Crippen LogP contribution in [-0.4, -0.2) is 16.2 Å². The Morgan fingerprint density at radius 1 is 1.38 bits per heavy atom. The van der Waals surface area contributed by atoms with Gasteiger partial charge in [-0.2, -0.15) is 0 Å². The highest BCUT2D eigenvalue weighted by atomic mass is 32.1. The fraction of sp³-hybridized carbons (Fsp3) is 0.769. The summed E-state index contributed by atoms with van der Waals surface area (Å²) in [6, 6.07) is 0. The SMILES string of the molecule is OC(CCC1CCCCC1)Cc1cncs1. The Labute approximate surface area is 102 Å². The second kappa shape index (κ2) is 6.36. The summed E-state index contributed by atoms with van der Waals surface area (Å²) in [5.41, 5.74) is 1.84. The van der Waals surface area contributed by atoms with Gasteiger partial charge in [-0.25, -0.2) is 0 Å². The minimum absolute atomic E-state index is 0.164. The van der Waals surface area contributed by atoms with Gasteiger partial charge < -0.3 is 5.11 Å². The Kier molecular flexibility index (Phi) is 4.79. The van der Waals surface area contributed by atoms with Gasteiger partial charge in [0.25, 0.3) is 0 Å². The predicted molar refractivity (Wildman–Crippen MR) is 67.6 cm³/mol. The average Bonchev–Trinajstić information content (AvgIpc) is 2.81. The molecule has 2 rings (SSSR count). The highest BCUT2D eigenvalue weighted by Crippen LogP contribution is 2.28. The van der Waals surface area contributed by atoms with Crippen LogP contribution in [-0.2, 0) is 6.42 Å². The maximum atomic E-state index is 9.93. The summed E-state index contributed by atoms with van der Waals surface area (Å²) in [6.07, 6.45) is 11.6. The van der Waals surface area contributed by atoms with Crippen LogP contribution in [0.15, 0.2) is 11.7 Å². The zero-order valence-electron chi connectivity index (χ0n) is 9.77. The number of hydrogen-bond donors (Lipinski definition) is 1. The molecule has 0 aromatic carbocycles. The molecule has 1 N–H and O–H groups in total. The standard InChI is InChI=1S/C13H21NOS/c15-12(8-13-9-14-10-16-13)7-6-11-4-2-1-3-5-11/h9-12,15H,1-8H2. The van der Waals surface area contributed by atoms with E-state index in [4.69, 9.17) is 0 Å². The molecule has 1 saturated carbocycles. The molecule has 1 heterocycles. The lowest BCUT2D eigenvalue weighted by atomic mass is 9.85. The third kappa shape index (κ3) is 3.87. The number of rotatable bonds is 5. The van der Waals surface area contributed by atoms with Gasteiger partial charge in [-0.1, -0.05) is 32.1 Å². The second-order valence-electron chi connectivity index (χ2n) is 4.91. The summed E-state index contributed by atoms with van der Waals surface area (Å²) >= 11 is 1.64. The van der Waals surface area contributed by atoms with Crippen molar-refractivity contribution in [2.24, 2.45) is 5.92 Å². The molecule has 1 aromatic heterocycles. The van der Waals surface area contributed by atoms with Gasteiger partial charge in [0.05, 0.1) is 11.6 Å². The molecule has 1 unspecified atom stereocenters. The maximum Gasteiger partial charge on any atom is 0.0794 e. The summed E-state index contributed by atoms with van der Waals surface area (Å²) in [5.74, 6) is 0.880. The van der Waals surface area contributed by atoms with Crippen molar-refractivity contribution in [3.05, 3.63) is 16.6 Å². The van der Waals surface area contributed by atoms with Crippen LogP contribution in [0.3, 0.4) is 0 Å². The van der Waals surface area contributed by atoms with Crippen molar-refractivity contribution in [1.82, 2.24) is 4.98 Å². The van der Waals surface area contributed by atoms with Crippen LogP contribution in [0.2, 0.25) is 0 Å².